The minimum Gasteiger partial charge on any atom is -0.396 e. The van der Waals surface area contributed by atoms with Crippen molar-refractivity contribution >= 4 is 10.8 Å². The van der Waals surface area contributed by atoms with E-state index in [1.165, 1.54) is 4.68 Å². The van der Waals surface area contributed by atoms with E-state index in [1.54, 1.807) is 24.3 Å². The molecule has 0 bridgehead atoms. The SMILES string of the molecule is O=c1[nH]n(CCCCO)c(=O)c2ccccc12. The van der Waals surface area contributed by atoms with E-state index in [1.807, 2.05) is 0 Å². The number of hydrogen-bond acceptors (Lipinski definition) is 3. The number of fused-ring (bicyclic) bond motifs is 1. The number of aliphatic hydroxyl groups is 1. The number of aryl methyl sites for hydroxylation is 1. The molecule has 0 aliphatic heterocycles. The summed E-state index contributed by atoms with van der Waals surface area (Å²) < 4.78 is 1.31. The number of nitrogens with zero attached hydrogens (tertiary/aromatic N) is 1. The molecule has 0 aliphatic rings. The highest BCUT2D eigenvalue weighted by molar-refractivity contribution is 5.80. The summed E-state index contributed by atoms with van der Waals surface area (Å²) in [7, 11) is 0. The molecule has 17 heavy (non-hydrogen) atoms. The molecule has 0 spiro atoms. The lowest BCUT2D eigenvalue weighted by Gasteiger charge is -2.06. The van der Waals surface area contributed by atoms with Crippen LogP contribution in [0.2, 0.25) is 0 Å². The molecule has 0 saturated heterocycles. The lowest BCUT2D eigenvalue weighted by Crippen LogP contribution is -2.29. The molecular weight excluding hydrogens is 220 g/mol. The van der Waals surface area contributed by atoms with Gasteiger partial charge in [-0.25, -0.2) is 4.68 Å². The van der Waals surface area contributed by atoms with Crippen molar-refractivity contribution in [1.82, 2.24) is 9.78 Å². The van der Waals surface area contributed by atoms with E-state index in [-0.39, 0.29) is 17.7 Å². The molecule has 2 rings (SSSR count). The van der Waals surface area contributed by atoms with Gasteiger partial charge in [0.1, 0.15) is 0 Å². The van der Waals surface area contributed by atoms with Gasteiger partial charge in [0.2, 0.25) is 0 Å². The van der Waals surface area contributed by atoms with Crippen LogP contribution in [0.1, 0.15) is 12.8 Å². The highest BCUT2D eigenvalue weighted by Crippen LogP contribution is 2.02. The van der Waals surface area contributed by atoms with Crippen LogP contribution in [0.15, 0.2) is 33.9 Å². The fourth-order valence-electron chi connectivity index (χ4n) is 1.79. The second kappa shape index (κ2) is 4.97. The number of aliphatic hydroxyl groups excluding tert-OH is 1. The van der Waals surface area contributed by atoms with E-state index in [4.69, 9.17) is 5.11 Å². The first-order chi connectivity index (χ1) is 8.24. The van der Waals surface area contributed by atoms with Gasteiger partial charge in [-0.2, -0.15) is 0 Å². The van der Waals surface area contributed by atoms with Gasteiger partial charge in [0.05, 0.1) is 10.8 Å². The Balaban J connectivity index is 2.48. The molecule has 0 atom stereocenters. The molecule has 0 fully saturated rings. The molecule has 0 radical (unpaired) electrons. The topological polar surface area (TPSA) is 75.1 Å². The molecule has 5 heteroatoms. The maximum Gasteiger partial charge on any atom is 0.273 e. The molecular formula is C12H14N2O3. The van der Waals surface area contributed by atoms with E-state index in [0.717, 1.165) is 0 Å². The van der Waals surface area contributed by atoms with Crippen molar-refractivity contribution in [3.8, 4) is 0 Å². The first kappa shape index (κ1) is 11.6. The highest BCUT2D eigenvalue weighted by atomic mass is 16.3. The summed E-state index contributed by atoms with van der Waals surface area (Å²) >= 11 is 0. The third kappa shape index (κ3) is 2.29. The highest BCUT2D eigenvalue weighted by Gasteiger charge is 2.05. The van der Waals surface area contributed by atoms with Gasteiger partial charge in [0, 0.05) is 13.2 Å². The average molecular weight is 234 g/mol. The Morgan fingerprint density at radius 3 is 2.53 bits per heavy atom. The zero-order chi connectivity index (χ0) is 12.3. The number of hydrogen-bond donors (Lipinski definition) is 2. The molecule has 0 amide bonds. The van der Waals surface area contributed by atoms with E-state index >= 15 is 0 Å². The maximum atomic E-state index is 12.0. The van der Waals surface area contributed by atoms with Gasteiger partial charge in [-0.15, -0.1) is 0 Å². The van der Waals surface area contributed by atoms with Crippen LogP contribution in [0.4, 0.5) is 0 Å². The number of rotatable bonds is 4. The number of H-pyrrole nitrogens is 1. The van der Waals surface area contributed by atoms with Gasteiger partial charge >= 0.3 is 0 Å². The predicted octanol–water partition coefficient (Wildman–Crippen LogP) is 0.462. The standard InChI is InChI=1S/C12H14N2O3/c15-8-4-3-7-14-12(17)10-6-2-1-5-9(10)11(16)13-14/h1-2,5-6,15H,3-4,7-8H2,(H,13,16). The number of nitrogens with one attached hydrogen (secondary N) is 1. The lowest BCUT2D eigenvalue weighted by molar-refractivity contribution is 0.279. The molecule has 1 aromatic carbocycles. The Bertz CT molecular complexity index is 627. The van der Waals surface area contributed by atoms with Crippen molar-refractivity contribution in [2.75, 3.05) is 6.61 Å². The zero-order valence-corrected chi connectivity index (χ0v) is 9.35. The fourth-order valence-corrected chi connectivity index (χ4v) is 1.79. The lowest BCUT2D eigenvalue weighted by atomic mass is 10.2. The second-order valence-corrected chi connectivity index (χ2v) is 3.87. The predicted molar refractivity (Wildman–Crippen MR) is 65.1 cm³/mol. The summed E-state index contributed by atoms with van der Waals surface area (Å²) in [5.74, 6) is 0. The van der Waals surface area contributed by atoms with Crippen molar-refractivity contribution in [1.29, 1.82) is 0 Å². The van der Waals surface area contributed by atoms with Gasteiger partial charge in [-0.3, -0.25) is 14.7 Å². The smallest absolute Gasteiger partial charge is 0.273 e. The third-order valence-corrected chi connectivity index (χ3v) is 2.67. The van der Waals surface area contributed by atoms with Crippen molar-refractivity contribution in [2.24, 2.45) is 0 Å². The van der Waals surface area contributed by atoms with E-state index in [2.05, 4.69) is 5.10 Å². The molecule has 1 aromatic heterocycles. The molecule has 0 saturated carbocycles. The average Bonchev–Trinajstić information content (AvgIpc) is 2.36. The van der Waals surface area contributed by atoms with Gasteiger partial charge in [0.25, 0.3) is 11.1 Å². The van der Waals surface area contributed by atoms with Crippen molar-refractivity contribution in [3.05, 3.63) is 45.0 Å². The van der Waals surface area contributed by atoms with Crippen LogP contribution in [0, 0.1) is 0 Å². The van der Waals surface area contributed by atoms with Crippen LogP contribution in [-0.2, 0) is 6.54 Å². The monoisotopic (exact) mass is 234 g/mol. The molecule has 2 N–H and O–H groups in total. The summed E-state index contributed by atoms with van der Waals surface area (Å²) in [4.78, 5) is 23.7. The van der Waals surface area contributed by atoms with Gasteiger partial charge in [-0.05, 0) is 25.0 Å². The van der Waals surface area contributed by atoms with Crippen molar-refractivity contribution < 1.29 is 5.11 Å². The Labute approximate surface area is 97.3 Å². The van der Waals surface area contributed by atoms with Crippen LogP contribution < -0.4 is 11.1 Å². The quantitative estimate of drug-likeness (QED) is 0.755. The van der Waals surface area contributed by atoms with Gasteiger partial charge in [-0.1, -0.05) is 12.1 Å². The second-order valence-electron chi connectivity index (χ2n) is 3.87. The normalized spacial score (nSPS) is 10.9. The molecule has 0 unspecified atom stereocenters. The van der Waals surface area contributed by atoms with Crippen LogP contribution >= 0.6 is 0 Å². The molecule has 5 nitrogen and oxygen atoms in total. The third-order valence-electron chi connectivity index (χ3n) is 2.67. The minimum atomic E-state index is -0.260. The van der Waals surface area contributed by atoms with Gasteiger partial charge < -0.3 is 5.11 Å². The van der Waals surface area contributed by atoms with Crippen molar-refractivity contribution in [3.63, 3.8) is 0 Å². The van der Waals surface area contributed by atoms with Crippen molar-refractivity contribution in [2.45, 2.75) is 19.4 Å². The zero-order valence-electron chi connectivity index (χ0n) is 9.35. The molecule has 2 aromatic rings. The number of unbranched alkanes of at least 4 members (excludes halogenated alkanes) is 1. The number of benzene rings is 1. The van der Waals surface area contributed by atoms with Gasteiger partial charge in [0.15, 0.2) is 0 Å². The fraction of sp³-hybridized carbons (Fsp3) is 0.333. The van der Waals surface area contributed by atoms with Crippen LogP contribution in [0.25, 0.3) is 10.8 Å². The minimum absolute atomic E-state index is 0.0898. The van der Waals surface area contributed by atoms with E-state index < -0.39 is 0 Å². The number of aromatic nitrogens is 2. The summed E-state index contributed by atoms with van der Waals surface area (Å²) in [6.45, 7) is 0.506. The Kier molecular flexibility index (Phi) is 3.39. The van der Waals surface area contributed by atoms with Crippen LogP contribution in [-0.4, -0.2) is 21.5 Å². The maximum absolute atomic E-state index is 12.0. The molecule has 0 aliphatic carbocycles. The summed E-state index contributed by atoms with van der Waals surface area (Å²) in [6, 6.07) is 6.75. The summed E-state index contributed by atoms with van der Waals surface area (Å²) in [6.07, 6.45) is 1.27. The Morgan fingerprint density at radius 2 is 1.82 bits per heavy atom. The summed E-state index contributed by atoms with van der Waals surface area (Å²) in [5, 5.41) is 12.1. The first-order valence-corrected chi connectivity index (χ1v) is 5.57. The number of aromatic amines is 1. The van der Waals surface area contributed by atoms with Crippen LogP contribution in [0.5, 0.6) is 0 Å². The summed E-state index contributed by atoms with van der Waals surface area (Å²) in [5.41, 5.74) is -0.456. The van der Waals surface area contributed by atoms with Crippen LogP contribution in [0.3, 0.4) is 0 Å². The molecule has 1 heterocycles. The Morgan fingerprint density at radius 1 is 1.12 bits per heavy atom. The largest absolute Gasteiger partial charge is 0.396 e. The molecule has 90 valence electrons. The van der Waals surface area contributed by atoms with E-state index in [0.29, 0.717) is 30.2 Å². The first-order valence-electron chi connectivity index (χ1n) is 5.57. The Hall–Kier alpha value is -1.88. The van der Waals surface area contributed by atoms with E-state index in [9.17, 15) is 9.59 Å².